The lowest BCUT2D eigenvalue weighted by atomic mass is 9.98. The lowest BCUT2D eigenvalue weighted by molar-refractivity contribution is 0.113. The Labute approximate surface area is 131 Å². The van der Waals surface area contributed by atoms with Gasteiger partial charge in [0.25, 0.3) is 0 Å². The van der Waals surface area contributed by atoms with Crippen LogP contribution in [-0.2, 0) is 9.84 Å². The lowest BCUT2D eigenvalue weighted by Gasteiger charge is -2.42. The zero-order chi connectivity index (χ0) is 16.3. The number of hydrogen-bond acceptors (Lipinski definition) is 4. The molecule has 2 atom stereocenters. The third-order valence-electron chi connectivity index (χ3n) is 4.57. The SMILES string of the molecule is CCCC1CNC(C(C)C)CN1CCS(=O)(=O)C(C)(C)C. The van der Waals surface area contributed by atoms with Gasteiger partial charge in [0, 0.05) is 31.7 Å². The van der Waals surface area contributed by atoms with Gasteiger partial charge in [0.15, 0.2) is 9.84 Å². The topological polar surface area (TPSA) is 49.4 Å². The van der Waals surface area contributed by atoms with Gasteiger partial charge in [0.2, 0.25) is 0 Å². The maximum absolute atomic E-state index is 12.3. The summed E-state index contributed by atoms with van der Waals surface area (Å²) in [7, 11) is -3.04. The minimum absolute atomic E-state index is 0.265. The molecule has 0 aliphatic carbocycles. The van der Waals surface area contributed by atoms with Gasteiger partial charge in [0.1, 0.15) is 0 Å². The summed E-state index contributed by atoms with van der Waals surface area (Å²) in [5.41, 5.74) is 0. The number of rotatable bonds is 6. The smallest absolute Gasteiger partial charge is 0.156 e. The molecular weight excluding hydrogens is 284 g/mol. The van der Waals surface area contributed by atoms with Crippen molar-refractivity contribution in [3.8, 4) is 0 Å². The van der Waals surface area contributed by atoms with Crippen LogP contribution >= 0.6 is 0 Å². The molecule has 2 unspecified atom stereocenters. The average molecular weight is 319 g/mol. The van der Waals surface area contributed by atoms with Crippen molar-refractivity contribution in [2.45, 2.75) is 71.2 Å². The molecule has 1 N–H and O–H groups in total. The van der Waals surface area contributed by atoms with E-state index in [4.69, 9.17) is 0 Å². The van der Waals surface area contributed by atoms with Crippen LogP contribution in [0.1, 0.15) is 54.4 Å². The van der Waals surface area contributed by atoms with Crippen LogP contribution in [0.15, 0.2) is 0 Å². The summed E-state index contributed by atoms with van der Waals surface area (Å²) in [6, 6.07) is 0.940. The molecule has 5 heteroatoms. The van der Waals surface area contributed by atoms with E-state index >= 15 is 0 Å². The Morgan fingerprint density at radius 2 is 1.90 bits per heavy atom. The summed E-state index contributed by atoms with van der Waals surface area (Å²) >= 11 is 0. The van der Waals surface area contributed by atoms with E-state index in [9.17, 15) is 8.42 Å². The van der Waals surface area contributed by atoms with Crippen LogP contribution in [0.3, 0.4) is 0 Å². The first kappa shape index (κ1) is 18.9. The van der Waals surface area contributed by atoms with Crippen molar-refractivity contribution in [3.05, 3.63) is 0 Å². The normalized spacial score (nSPS) is 25.5. The predicted octanol–water partition coefficient (Wildman–Crippen LogP) is 2.30. The standard InChI is InChI=1S/C16H34N2O2S/c1-7-8-14-11-17-15(13(2)3)12-18(14)9-10-21(19,20)16(4,5)6/h13-15,17H,7-12H2,1-6H3. The molecule has 1 heterocycles. The molecular formula is C16H34N2O2S. The number of hydrogen-bond donors (Lipinski definition) is 1. The Balaban J connectivity index is 2.71. The summed E-state index contributed by atoms with van der Waals surface area (Å²) in [5, 5.41) is 3.62. The monoisotopic (exact) mass is 318 g/mol. The Morgan fingerprint density at radius 3 is 2.38 bits per heavy atom. The predicted molar refractivity (Wildman–Crippen MR) is 90.4 cm³/mol. The van der Waals surface area contributed by atoms with Crippen molar-refractivity contribution in [1.82, 2.24) is 10.2 Å². The highest BCUT2D eigenvalue weighted by atomic mass is 32.2. The second kappa shape index (κ2) is 7.42. The number of piperazine rings is 1. The number of sulfone groups is 1. The minimum atomic E-state index is -3.04. The Hall–Kier alpha value is -0.130. The average Bonchev–Trinajstić information content (AvgIpc) is 2.36. The molecule has 126 valence electrons. The second-order valence-corrected chi connectivity index (χ2v) is 10.5. The van der Waals surface area contributed by atoms with Crippen molar-refractivity contribution in [2.24, 2.45) is 5.92 Å². The van der Waals surface area contributed by atoms with Crippen LogP contribution in [0.25, 0.3) is 0 Å². The maximum Gasteiger partial charge on any atom is 0.156 e. The van der Waals surface area contributed by atoms with Crippen molar-refractivity contribution in [2.75, 3.05) is 25.4 Å². The Morgan fingerprint density at radius 1 is 1.29 bits per heavy atom. The van der Waals surface area contributed by atoms with E-state index in [-0.39, 0.29) is 5.75 Å². The first-order valence-electron chi connectivity index (χ1n) is 8.28. The summed E-state index contributed by atoms with van der Waals surface area (Å²) in [4.78, 5) is 2.40. The first-order chi connectivity index (χ1) is 9.58. The molecule has 0 aromatic rings. The van der Waals surface area contributed by atoms with Gasteiger partial charge >= 0.3 is 0 Å². The molecule has 0 spiro atoms. The first-order valence-corrected chi connectivity index (χ1v) is 9.93. The largest absolute Gasteiger partial charge is 0.311 e. The van der Waals surface area contributed by atoms with Gasteiger partial charge in [-0.25, -0.2) is 8.42 Å². The number of nitrogens with one attached hydrogen (secondary N) is 1. The number of nitrogens with zero attached hydrogens (tertiary/aromatic N) is 1. The molecule has 1 aliphatic rings. The third-order valence-corrected chi connectivity index (χ3v) is 7.16. The summed E-state index contributed by atoms with van der Waals surface area (Å²) in [5.74, 6) is 0.843. The summed E-state index contributed by atoms with van der Waals surface area (Å²) < 4.78 is 24.0. The quantitative estimate of drug-likeness (QED) is 0.816. The van der Waals surface area contributed by atoms with Crippen LogP contribution in [0.4, 0.5) is 0 Å². The summed E-state index contributed by atoms with van der Waals surface area (Å²) in [6.45, 7) is 14.6. The zero-order valence-electron chi connectivity index (χ0n) is 14.6. The van der Waals surface area contributed by atoms with Crippen molar-refractivity contribution in [1.29, 1.82) is 0 Å². The van der Waals surface area contributed by atoms with Crippen LogP contribution < -0.4 is 5.32 Å². The van der Waals surface area contributed by atoms with Crippen molar-refractivity contribution < 1.29 is 8.42 Å². The van der Waals surface area contributed by atoms with Crippen LogP contribution in [0, 0.1) is 5.92 Å². The molecule has 0 bridgehead atoms. The molecule has 1 aliphatic heterocycles. The van der Waals surface area contributed by atoms with Crippen molar-refractivity contribution in [3.63, 3.8) is 0 Å². The lowest BCUT2D eigenvalue weighted by Crippen LogP contribution is -2.59. The van der Waals surface area contributed by atoms with E-state index in [2.05, 4.69) is 31.0 Å². The fraction of sp³-hybridized carbons (Fsp3) is 1.00. The molecule has 1 fully saturated rings. The van der Waals surface area contributed by atoms with Gasteiger partial charge in [-0.3, -0.25) is 4.90 Å². The van der Waals surface area contributed by atoms with Gasteiger partial charge in [0.05, 0.1) is 10.5 Å². The second-order valence-electron chi connectivity index (χ2n) is 7.63. The molecule has 0 aromatic heterocycles. The maximum atomic E-state index is 12.3. The third kappa shape index (κ3) is 5.22. The summed E-state index contributed by atoms with van der Waals surface area (Å²) in [6.07, 6.45) is 2.27. The van der Waals surface area contributed by atoms with Crippen LogP contribution in [0.5, 0.6) is 0 Å². The Kier molecular flexibility index (Phi) is 6.69. The van der Waals surface area contributed by atoms with Crippen LogP contribution in [0.2, 0.25) is 0 Å². The molecule has 0 radical (unpaired) electrons. The minimum Gasteiger partial charge on any atom is -0.311 e. The van der Waals surface area contributed by atoms with E-state index < -0.39 is 14.6 Å². The van der Waals surface area contributed by atoms with Gasteiger partial charge in [-0.2, -0.15) is 0 Å². The van der Waals surface area contributed by atoms with Gasteiger partial charge in [-0.15, -0.1) is 0 Å². The molecule has 0 aromatic carbocycles. The van der Waals surface area contributed by atoms with Gasteiger partial charge in [-0.05, 0) is 33.1 Å². The zero-order valence-corrected chi connectivity index (χ0v) is 15.5. The molecule has 0 amide bonds. The Bertz CT molecular complexity index is 412. The molecule has 0 saturated carbocycles. The van der Waals surface area contributed by atoms with Gasteiger partial charge < -0.3 is 5.32 Å². The van der Waals surface area contributed by atoms with Crippen LogP contribution in [-0.4, -0.2) is 55.5 Å². The van der Waals surface area contributed by atoms with Gasteiger partial charge in [-0.1, -0.05) is 27.2 Å². The van der Waals surface area contributed by atoms with E-state index in [0.29, 0.717) is 24.5 Å². The van der Waals surface area contributed by atoms with Crippen molar-refractivity contribution >= 4 is 9.84 Å². The molecule has 21 heavy (non-hydrogen) atoms. The molecule has 4 nitrogen and oxygen atoms in total. The molecule has 1 saturated heterocycles. The van der Waals surface area contributed by atoms with E-state index in [1.807, 2.05) is 0 Å². The van der Waals surface area contributed by atoms with E-state index in [0.717, 1.165) is 25.9 Å². The highest BCUT2D eigenvalue weighted by Gasteiger charge is 2.33. The fourth-order valence-corrected chi connectivity index (χ4v) is 3.85. The van der Waals surface area contributed by atoms with E-state index in [1.165, 1.54) is 0 Å². The molecule has 1 rings (SSSR count). The fourth-order valence-electron chi connectivity index (χ4n) is 2.76. The highest BCUT2D eigenvalue weighted by molar-refractivity contribution is 7.92. The van der Waals surface area contributed by atoms with E-state index in [1.54, 1.807) is 20.8 Å². The highest BCUT2D eigenvalue weighted by Crippen LogP contribution is 2.19.